The molecule has 4 rings (SSSR count). The summed E-state index contributed by atoms with van der Waals surface area (Å²) in [7, 11) is 0. The zero-order valence-corrected chi connectivity index (χ0v) is 16.7. The minimum atomic E-state index is -1.27. The lowest BCUT2D eigenvalue weighted by atomic mass is 10.1. The SMILES string of the molecule is CCn1c(=O)c(/C=C/c2ccc(N3CCOCC3)cc2)nc2cc(C(=O)[O-])ccc21. The highest BCUT2D eigenvalue weighted by Crippen LogP contribution is 2.18. The first-order chi connectivity index (χ1) is 14.6. The summed E-state index contributed by atoms with van der Waals surface area (Å²) >= 11 is 0. The van der Waals surface area contributed by atoms with Crippen LogP contribution in [0.1, 0.15) is 28.5 Å². The number of fused-ring (bicyclic) bond motifs is 1. The van der Waals surface area contributed by atoms with Gasteiger partial charge in [0.15, 0.2) is 0 Å². The Bertz CT molecular complexity index is 1160. The molecule has 30 heavy (non-hydrogen) atoms. The van der Waals surface area contributed by atoms with Gasteiger partial charge in [0.05, 0.1) is 30.2 Å². The smallest absolute Gasteiger partial charge is 0.276 e. The standard InChI is InChI=1S/C23H23N3O4/c1-2-26-21-10-6-17(23(28)29)15-20(21)24-19(22(26)27)9-5-16-3-7-18(8-4-16)25-11-13-30-14-12-25/h3-10,15H,2,11-14H2,1H3,(H,28,29)/p-1/b9-5+. The van der Waals surface area contributed by atoms with Crippen LogP contribution < -0.4 is 15.6 Å². The fraction of sp³-hybridized carbons (Fsp3) is 0.261. The van der Waals surface area contributed by atoms with E-state index in [4.69, 9.17) is 4.74 Å². The van der Waals surface area contributed by atoms with Crippen LogP contribution in [0.3, 0.4) is 0 Å². The predicted octanol–water partition coefficient (Wildman–Crippen LogP) is 1.79. The first-order valence-electron chi connectivity index (χ1n) is 9.93. The molecule has 2 aromatic carbocycles. The van der Waals surface area contributed by atoms with Gasteiger partial charge < -0.3 is 24.1 Å². The monoisotopic (exact) mass is 404 g/mol. The molecule has 3 aromatic rings. The second kappa shape index (κ2) is 8.51. The first-order valence-corrected chi connectivity index (χ1v) is 9.93. The van der Waals surface area contributed by atoms with Gasteiger partial charge in [-0.3, -0.25) is 4.79 Å². The van der Waals surface area contributed by atoms with Crippen LogP contribution in [0.5, 0.6) is 0 Å². The van der Waals surface area contributed by atoms with Crippen molar-refractivity contribution in [3.63, 3.8) is 0 Å². The number of carboxylic acid groups (broad SMARTS) is 1. The van der Waals surface area contributed by atoms with Crippen molar-refractivity contribution >= 4 is 34.8 Å². The number of carbonyl (C=O) groups is 1. The maximum Gasteiger partial charge on any atom is 0.276 e. The Morgan fingerprint density at radius 3 is 2.53 bits per heavy atom. The van der Waals surface area contributed by atoms with Crippen LogP contribution >= 0.6 is 0 Å². The van der Waals surface area contributed by atoms with Gasteiger partial charge in [0.2, 0.25) is 0 Å². The molecule has 1 fully saturated rings. The van der Waals surface area contributed by atoms with Crippen molar-refractivity contribution < 1.29 is 14.6 Å². The van der Waals surface area contributed by atoms with Gasteiger partial charge in [-0.2, -0.15) is 0 Å². The lowest BCUT2D eigenvalue weighted by Crippen LogP contribution is -2.36. The fourth-order valence-corrected chi connectivity index (χ4v) is 3.61. The summed E-state index contributed by atoms with van der Waals surface area (Å²) in [5, 5.41) is 11.2. The van der Waals surface area contributed by atoms with E-state index in [9.17, 15) is 14.7 Å². The quantitative estimate of drug-likeness (QED) is 0.644. The summed E-state index contributed by atoms with van der Waals surface area (Å²) in [4.78, 5) is 30.7. The zero-order valence-electron chi connectivity index (χ0n) is 16.7. The molecule has 0 spiro atoms. The molecule has 0 N–H and O–H groups in total. The molecular weight excluding hydrogens is 382 g/mol. The maximum atomic E-state index is 12.8. The van der Waals surface area contributed by atoms with Gasteiger partial charge in [-0.1, -0.05) is 24.3 Å². The molecule has 0 radical (unpaired) electrons. The van der Waals surface area contributed by atoms with E-state index in [0.717, 1.165) is 37.6 Å². The van der Waals surface area contributed by atoms with Crippen molar-refractivity contribution in [1.29, 1.82) is 0 Å². The Morgan fingerprint density at radius 2 is 1.87 bits per heavy atom. The molecule has 0 bridgehead atoms. The van der Waals surface area contributed by atoms with Gasteiger partial charge in [-0.05, 0) is 48.4 Å². The van der Waals surface area contributed by atoms with Gasteiger partial charge in [0.25, 0.3) is 5.56 Å². The van der Waals surface area contributed by atoms with Gasteiger partial charge in [0.1, 0.15) is 5.69 Å². The number of morpholine rings is 1. The summed E-state index contributed by atoms with van der Waals surface area (Å²) in [6.07, 6.45) is 3.50. The molecule has 0 aliphatic carbocycles. The lowest BCUT2D eigenvalue weighted by molar-refractivity contribution is -0.255. The van der Waals surface area contributed by atoms with Gasteiger partial charge >= 0.3 is 0 Å². The number of nitrogens with zero attached hydrogens (tertiary/aromatic N) is 3. The van der Waals surface area contributed by atoms with Crippen LogP contribution in [-0.2, 0) is 11.3 Å². The van der Waals surface area contributed by atoms with Crippen LogP contribution in [0, 0.1) is 0 Å². The predicted molar refractivity (Wildman–Crippen MR) is 114 cm³/mol. The fourth-order valence-electron chi connectivity index (χ4n) is 3.61. The van der Waals surface area contributed by atoms with Gasteiger partial charge in [-0.15, -0.1) is 0 Å². The highest BCUT2D eigenvalue weighted by atomic mass is 16.5. The van der Waals surface area contributed by atoms with E-state index in [1.807, 2.05) is 25.1 Å². The number of aryl methyl sites for hydroxylation is 1. The molecule has 1 aromatic heterocycles. The van der Waals surface area contributed by atoms with Crippen LogP contribution in [0.2, 0.25) is 0 Å². The molecule has 0 atom stereocenters. The first kappa shape index (κ1) is 19.8. The highest BCUT2D eigenvalue weighted by molar-refractivity contribution is 5.91. The average Bonchev–Trinajstić information content (AvgIpc) is 2.78. The Labute approximate surface area is 173 Å². The van der Waals surface area contributed by atoms with E-state index < -0.39 is 5.97 Å². The van der Waals surface area contributed by atoms with Crippen LogP contribution in [-0.4, -0.2) is 41.8 Å². The number of carboxylic acids is 1. The molecule has 0 saturated carbocycles. The van der Waals surface area contributed by atoms with Crippen molar-refractivity contribution in [2.24, 2.45) is 0 Å². The summed E-state index contributed by atoms with van der Waals surface area (Å²) in [6.45, 7) is 5.54. The van der Waals surface area contributed by atoms with Gasteiger partial charge in [-0.25, -0.2) is 4.98 Å². The third kappa shape index (κ3) is 3.97. The highest BCUT2D eigenvalue weighted by Gasteiger charge is 2.11. The lowest BCUT2D eigenvalue weighted by Gasteiger charge is -2.28. The maximum absolute atomic E-state index is 12.8. The number of anilines is 1. The largest absolute Gasteiger partial charge is 0.545 e. The van der Waals surface area contributed by atoms with Gasteiger partial charge in [0, 0.05) is 25.3 Å². The number of benzene rings is 2. The molecule has 1 aliphatic heterocycles. The van der Waals surface area contributed by atoms with E-state index in [1.165, 1.54) is 12.1 Å². The Morgan fingerprint density at radius 1 is 1.13 bits per heavy atom. The van der Waals surface area contributed by atoms with E-state index in [1.54, 1.807) is 16.7 Å². The van der Waals surface area contributed by atoms with Crippen molar-refractivity contribution in [2.75, 3.05) is 31.2 Å². The molecule has 7 heteroatoms. The van der Waals surface area contributed by atoms with E-state index in [-0.39, 0.29) is 16.8 Å². The van der Waals surface area contributed by atoms with Crippen molar-refractivity contribution in [1.82, 2.24) is 9.55 Å². The second-order valence-electron chi connectivity index (χ2n) is 7.06. The molecule has 2 heterocycles. The minimum Gasteiger partial charge on any atom is -0.545 e. The summed E-state index contributed by atoms with van der Waals surface area (Å²) in [6, 6.07) is 12.5. The second-order valence-corrected chi connectivity index (χ2v) is 7.06. The number of hydrogen-bond acceptors (Lipinski definition) is 6. The Hall–Kier alpha value is -3.45. The number of ether oxygens (including phenoxy) is 1. The van der Waals surface area contributed by atoms with Crippen LogP contribution in [0.15, 0.2) is 47.3 Å². The summed E-state index contributed by atoms with van der Waals surface area (Å²) in [5.74, 6) is -1.27. The molecule has 0 amide bonds. The number of hydrogen-bond donors (Lipinski definition) is 0. The average molecular weight is 404 g/mol. The summed E-state index contributed by atoms with van der Waals surface area (Å²) < 4.78 is 6.97. The van der Waals surface area contributed by atoms with E-state index in [2.05, 4.69) is 22.0 Å². The molecule has 7 nitrogen and oxygen atoms in total. The molecule has 154 valence electrons. The molecular formula is C23H22N3O4-. The molecule has 0 unspecified atom stereocenters. The van der Waals surface area contributed by atoms with Crippen molar-refractivity contribution in [2.45, 2.75) is 13.5 Å². The number of rotatable bonds is 5. The third-order valence-electron chi connectivity index (χ3n) is 5.23. The van der Waals surface area contributed by atoms with Crippen molar-refractivity contribution in [3.05, 3.63) is 69.6 Å². The van der Waals surface area contributed by atoms with Crippen LogP contribution in [0.4, 0.5) is 5.69 Å². The zero-order chi connectivity index (χ0) is 21.1. The molecule has 1 aliphatic rings. The number of aromatic nitrogens is 2. The Kier molecular flexibility index (Phi) is 5.63. The van der Waals surface area contributed by atoms with E-state index in [0.29, 0.717) is 17.6 Å². The minimum absolute atomic E-state index is 0.0323. The third-order valence-corrected chi connectivity index (χ3v) is 5.23. The topological polar surface area (TPSA) is 87.5 Å². The van der Waals surface area contributed by atoms with Crippen molar-refractivity contribution in [3.8, 4) is 0 Å². The normalized spacial score (nSPS) is 14.5. The molecule has 1 saturated heterocycles. The van der Waals surface area contributed by atoms with E-state index >= 15 is 0 Å². The Balaban J connectivity index is 1.65. The van der Waals surface area contributed by atoms with Crippen LogP contribution in [0.25, 0.3) is 23.2 Å². The summed E-state index contributed by atoms with van der Waals surface area (Å²) in [5.41, 5.74) is 3.21. The number of aromatic carboxylic acids is 1. The number of carbonyl (C=O) groups excluding carboxylic acids is 1.